The largest absolute Gasteiger partial charge is 0.450 e. The molecule has 1 fully saturated rings. The summed E-state index contributed by atoms with van der Waals surface area (Å²) in [5.74, 6) is 0.298. The Hall–Kier alpha value is -2.70. The normalized spacial score (nSPS) is 15.6. The first-order chi connectivity index (χ1) is 13.7. The first kappa shape index (κ1) is 18.7. The lowest BCUT2D eigenvalue weighted by atomic mass is 10.1. The Labute approximate surface area is 171 Å². The quantitative estimate of drug-likeness (QED) is 0.490. The van der Waals surface area contributed by atoms with Gasteiger partial charge in [-0.05, 0) is 48.0 Å². The molecule has 2 heterocycles. The van der Waals surface area contributed by atoms with Gasteiger partial charge in [0.15, 0.2) is 5.09 Å². The van der Waals surface area contributed by atoms with Gasteiger partial charge in [-0.1, -0.05) is 60.3 Å². The number of rotatable bonds is 6. The van der Waals surface area contributed by atoms with Crippen LogP contribution >= 0.6 is 23.5 Å². The third-order valence-corrected chi connectivity index (χ3v) is 6.01. The van der Waals surface area contributed by atoms with Crippen molar-refractivity contribution in [2.45, 2.75) is 16.4 Å². The molecule has 140 valence electrons. The third-order valence-electron chi connectivity index (χ3n) is 4.18. The number of amides is 2. The minimum atomic E-state index is -0.264. The van der Waals surface area contributed by atoms with Gasteiger partial charge in [-0.3, -0.25) is 14.5 Å². The van der Waals surface area contributed by atoms with Crippen LogP contribution in [0, 0.1) is 0 Å². The average molecular weight is 408 g/mol. The molecule has 0 saturated carbocycles. The summed E-state index contributed by atoms with van der Waals surface area (Å²) in [6.07, 6.45) is 2.28. The predicted octanol–water partition coefficient (Wildman–Crippen LogP) is 5.71. The van der Waals surface area contributed by atoms with Gasteiger partial charge >= 0.3 is 0 Å². The molecule has 0 radical (unpaired) electrons. The molecular weight excluding hydrogens is 390 g/mol. The van der Waals surface area contributed by atoms with E-state index in [2.05, 4.69) is 0 Å². The lowest BCUT2D eigenvalue weighted by Crippen LogP contribution is -2.30. The zero-order chi connectivity index (χ0) is 19.3. The fraction of sp³-hybridized carbons (Fsp3) is 0.0909. The lowest BCUT2D eigenvalue weighted by molar-refractivity contribution is -0.122. The fourth-order valence-corrected chi connectivity index (χ4v) is 4.42. The molecule has 4 nitrogen and oxygen atoms in total. The van der Waals surface area contributed by atoms with Gasteiger partial charge in [0.1, 0.15) is 5.76 Å². The smallest absolute Gasteiger partial charge is 0.293 e. The first-order valence-corrected chi connectivity index (χ1v) is 10.4. The number of nitrogens with zero attached hydrogens (tertiary/aromatic N) is 1. The number of hydrogen-bond donors (Lipinski definition) is 0. The maximum atomic E-state index is 12.6. The van der Waals surface area contributed by atoms with Crippen molar-refractivity contribution in [1.29, 1.82) is 0 Å². The molecule has 2 amide bonds. The second-order valence-corrected chi connectivity index (χ2v) is 8.21. The van der Waals surface area contributed by atoms with Gasteiger partial charge in [0.25, 0.3) is 11.1 Å². The fourth-order valence-electron chi connectivity index (χ4n) is 2.78. The van der Waals surface area contributed by atoms with E-state index in [1.807, 2.05) is 72.8 Å². The molecule has 0 spiro atoms. The number of furan rings is 1. The van der Waals surface area contributed by atoms with E-state index in [-0.39, 0.29) is 11.1 Å². The topological polar surface area (TPSA) is 50.5 Å². The van der Waals surface area contributed by atoms with Crippen molar-refractivity contribution in [2.24, 2.45) is 0 Å². The van der Waals surface area contributed by atoms with Gasteiger partial charge < -0.3 is 4.42 Å². The average Bonchev–Trinajstić information content (AvgIpc) is 3.26. The van der Waals surface area contributed by atoms with Crippen molar-refractivity contribution in [1.82, 2.24) is 4.90 Å². The zero-order valence-electron chi connectivity index (χ0n) is 14.9. The monoisotopic (exact) mass is 407 g/mol. The second-order valence-electron chi connectivity index (χ2n) is 6.14. The van der Waals surface area contributed by atoms with Crippen LogP contribution < -0.4 is 0 Å². The minimum Gasteiger partial charge on any atom is -0.450 e. The summed E-state index contributed by atoms with van der Waals surface area (Å²) in [5, 5.41) is 0.498. The van der Waals surface area contributed by atoms with Crippen LogP contribution in [0.2, 0.25) is 0 Å². The minimum absolute atomic E-state index is 0.238. The highest BCUT2D eigenvalue weighted by Gasteiger charge is 2.34. The van der Waals surface area contributed by atoms with E-state index >= 15 is 0 Å². The zero-order valence-corrected chi connectivity index (χ0v) is 16.5. The summed E-state index contributed by atoms with van der Waals surface area (Å²) in [7, 11) is 0. The molecule has 0 bridgehead atoms. The highest BCUT2D eigenvalue weighted by molar-refractivity contribution is 8.18. The number of imide groups is 1. The molecule has 4 rings (SSSR count). The predicted molar refractivity (Wildman–Crippen MR) is 112 cm³/mol. The number of carbonyl (C=O) groups is 2. The van der Waals surface area contributed by atoms with Crippen LogP contribution in [0.1, 0.15) is 11.3 Å². The van der Waals surface area contributed by atoms with Gasteiger partial charge in [-0.25, -0.2) is 0 Å². The molecule has 1 aliphatic heterocycles. The van der Waals surface area contributed by atoms with E-state index in [0.717, 1.165) is 27.3 Å². The molecule has 0 unspecified atom stereocenters. The SMILES string of the molecule is O=C1S/C(=C\c2ccc(Sc3ccccc3)o2)C(=O)N1CCc1ccccc1. The van der Waals surface area contributed by atoms with Crippen LogP contribution in [0.3, 0.4) is 0 Å². The molecule has 1 aliphatic rings. The standard InChI is InChI=1S/C22H17NO3S2/c24-21-19(28-22(25)23(21)14-13-16-7-3-1-4-8-16)15-17-11-12-20(26-17)27-18-9-5-2-6-10-18/h1-12,15H,13-14H2/b19-15-. The van der Waals surface area contributed by atoms with Crippen molar-refractivity contribution >= 4 is 40.7 Å². The van der Waals surface area contributed by atoms with Crippen LogP contribution in [0.4, 0.5) is 4.79 Å². The van der Waals surface area contributed by atoms with Crippen LogP contribution in [-0.2, 0) is 11.2 Å². The van der Waals surface area contributed by atoms with Crippen LogP contribution in [-0.4, -0.2) is 22.6 Å². The highest BCUT2D eigenvalue weighted by Crippen LogP contribution is 2.34. The van der Waals surface area contributed by atoms with Crippen LogP contribution in [0.15, 0.2) is 92.1 Å². The van der Waals surface area contributed by atoms with Gasteiger partial charge in [0, 0.05) is 17.5 Å². The molecule has 6 heteroatoms. The highest BCUT2D eigenvalue weighted by atomic mass is 32.2. The molecule has 0 aliphatic carbocycles. The van der Waals surface area contributed by atoms with Gasteiger partial charge in [0.05, 0.1) is 4.91 Å². The summed E-state index contributed by atoms with van der Waals surface area (Å²) < 4.78 is 5.79. The third kappa shape index (κ3) is 4.40. The van der Waals surface area contributed by atoms with E-state index in [1.165, 1.54) is 16.7 Å². The van der Waals surface area contributed by atoms with Gasteiger partial charge in [0.2, 0.25) is 0 Å². The van der Waals surface area contributed by atoms with Gasteiger partial charge in [-0.15, -0.1) is 0 Å². The Morgan fingerprint density at radius 3 is 2.39 bits per heavy atom. The summed E-state index contributed by atoms with van der Waals surface area (Å²) in [6, 6.07) is 23.4. The second kappa shape index (κ2) is 8.54. The molecule has 3 aromatic rings. The Bertz CT molecular complexity index is 1010. The van der Waals surface area contributed by atoms with E-state index in [4.69, 9.17) is 4.42 Å². The maximum Gasteiger partial charge on any atom is 0.293 e. The number of carbonyl (C=O) groups excluding carboxylic acids is 2. The summed E-state index contributed by atoms with van der Waals surface area (Å²) in [6.45, 7) is 0.374. The van der Waals surface area contributed by atoms with Crippen molar-refractivity contribution in [3.8, 4) is 0 Å². The van der Waals surface area contributed by atoms with Crippen molar-refractivity contribution in [3.05, 3.63) is 89.0 Å². The molecular formula is C22H17NO3S2. The van der Waals surface area contributed by atoms with E-state index < -0.39 is 0 Å². The number of thioether (sulfide) groups is 1. The van der Waals surface area contributed by atoms with Crippen LogP contribution in [0.5, 0.6) is 0 Å². The number of hydrogen-bond acceptors (Lipinski definition) is 5. The number of benzene rings is 2. The Morgan fingerprint density at radius 2 is 1.64 bits per heavy atom. The van der Waals surface area contributed by atoms with Crippen molar-refractivity contribution in [2.75, 3.05) is 6.54 Å². The van der Waals surface area contributed by atoms with Gasteiger partial charge in [-0.2, -0.15) is 0 Å². The summed E-state index contributed by atoms with van der Waals surface area (Å²) in [5.41, 5.74) is 1.10. The lowest BCUT2D eigenvalue weighted by Gasteiger charge is -2.11. The molecule has 0 N–H and O–H groups in total. The Morgan fingerprint density at radius 1 is 0.929 bits per heavy atom. The molecule has 1 saturated heterocycles. The maximum absolute atomic E-state index is 12.6. The molecule has 28 heavy (non-hydrogen) atoms. The molecule has 1 aromatic heterocycles. The summed E-state index contributed by atoms with van der Waals surface area (Å²) >= 11 is 2.47. The van der Waals surface area contributed by atoms with E-state index in [9.17, 15) is 9.59 Å². The van der Waals surface area contributed by atoms with E-state index in [0.29, 0.717) is 23.6 Å². The molecule has 0 atom stereocenters. The Kier molecular flexibility index (Phi) is 5.69. The molecule has 2 aromatic carbocycles. The Balaban J connectivity index is 1.42. The van der Waals surface area contributed by atoms with Crippen molar-refractivity contribution in [3.63, 3.8) is 0 Å². The van der Waals surface area contributed by atoms with Crippen LogP contribution in [0.25, 0.3) is 6.08 Å². The van der Waals surface area contributed by atoms with Crippen molar-refractivity contribution < 1.29 is 14.0 Å². The van der Waals surface area contributed by atoms with E-state index in [1.54, 1.807) is 6.08 Å². The first-order valence-electron chi connectivity index (χ1n) is 8.81. The summed E-state index contributed by atoms with van der Waals surface area (Å²) in [4.78, 5) is 27.6.